The van der Waals surface area contributed by atoms with Crippen LogP contribution in [0.5, 0.6) is 0 Å². The molecular weight excluding hydrogens is 220 g/mol. The van der Waals surface area contributed by atoms with Crippen LogP contribution in [0.15, 0.2) is 61.2 Å². The number of fused-ring (bicyclic) bond motifs is 5. The molecule has 4 rings (SSSR count). The molecule has 1 aliphatic heterocycles. The van der Waals surface area contributed by atoms with E-state index in [1.54, 1.807) is 0 Å². The topological polar surface area (TPSA) is 17.0 Å². The van der Waals surface area contributed by atoms with E-state index in [0.29, 0.717) is 0 Å². The molecule has 0 atom stereocenters. The monoisotopic (exact) mass is 232 g/mol. The number of hydrogen-bond donors (Lipinski definition) is 1. The van der Waals surface area contributed by atoms with Crippen LogP contribution in [0.1, 0.15) is 0 Å². The van der Waals surface area contributed by atoms with Crippen LogP contribution in [0.3, 0.4) is 0 Å². The van der Waals surface area contributed by atoms with Crippen LogP contribution in [-0.4, -0.2) is 4.57 Å². The number of para-hydroxylation sites is 2. The highest BCUT2D eigenvalue weighted by Gasteiger charge is 2.19. The van der Waals surface area contributed by atoms with Gasteiger partial charge in [0.2, 0.25) is 0 Å². The van der Waals surface area contributed by atoms with E-state index in [2.05, 4.69) is 65.0 Å². The minimum Gasteiger partial charge on any atom is -0.341 e. The molecule has 2 heteroatoms. The Morgan fingerprint density at radius 3 is 2.67 bits per heavy atom. The highest BCUT2D eigenvalue weighted by Crippen LogP contribution is 2.39. The van der Waals surface area contributed by atoms with Crippen molar-refractivity contribution >= 4 is 22.4 Å². The maximum absolute atomic E-state index is 4.13. The van der Waals surface area contributed by atoms with Gasteiger partial charge in [-0.15, -0.1) is 0 Å². The van der Waals surface area contributed by atoms with Crippen LogP contribution in [0, 0.1) is 0 Å². The summed E-state index contributed by atoms with van der Waals surface area (Å²) in [6.07, 6.45) is 0. The highest BCUT2D eigenvalue weighted by molar-refractivity contribution is 5.97. The zero-order valence-corrected chi connectivity index (χ0v) is 9.85. The number of nitrogens with one attached hydrogen (secondary N) is 1. The number of anilines is 1. The van der Waals surface area contributed by atoms with Crippen molar-refractivity contribution in [2.45, 2.75) is 0 Å². The molecule has 2 aromatic carbocycles. The summed E-state index contributed by atoms with van der Waals surface area (Å²) in [5.41, 5.74) is 4.74. The first kappa shape index (κ1) is 9.54. The van der Waals surface area contributed by atoms with Crippen molar-refractivity contribution in [1.82, 2.24) is 4.57 Å². The van der Waals surface area contributed by atoms with Gasteiger partial charge >= 0.3 is 0 Å². The molecule has 0 fully saturated rings. The predicted octanol–water partition coefficient (Wildman–Crippen LogP) is 4.16. The Morgan fingerprint density at radius 2 is 1.72 bits per heavy atom. The third-order valence-electron chi connectivity index (χ3n) is 3.46. The Bertz CT molecular complexity index is 781. The molecule has 0 unspecified atom stereocenters. The van der Waals surface area contributed by atoms with Gasteiger partial charge in [0.25, 0.3) is 0 Å². The summed E-state index contributed by atoms with van der Waals surface area (Å²) in [6, 6.07) is 18.9. The molecule has 1 aliphatic rings. The van der Waals surface area contributed by atoms with Gasteiger partial charge in [0.05, 0.1) is 11.2 Å². The predicted molar refractivity (Wildman–Crippen MR) is 76.3 cm³/mol. The molecule has 18 heavy (non-hydrogen) atoms. The lowest BCUT2D eigenvalue weighted by molar-refractivity contribution is 1.14. The average Bonchev–Trinajstić information content (AvgIpc) is 2.79. The largest absolute Gasteiger partial charge is 0.341 e. The van der Waals surface area contributed by atoms with E-state index in [9.17, 15) is 0 Å². The smallest absolute Gasteiger partial charge is 0.108 e. The van der Waals surface area contributed by atoms with Crippen molar-refractivity contribution in [2.24, 2.45) is 0 Å². The standard InChI is InChI=1S/C16H12N2/c1-11-17-14-8-4-3-7-13(14)16-10-12-6-2-5-9-15(12)18(11)16/h2-10,17H,1H2. The van der Waals surface area contributed by atoms with Gasteiger partial charge in [-0.25, -0.2) is 0 Å². The zero-order valence-electron chi connectivity index (χ0n) is 9.85. The van der Waals surface area contributed by atoms with Crippen molar-refractivity contribution in [3.05, 3.63) is 61.2 Å². The van der Waals surface area contributed by atoms with Crippen molar-refractivity contribution in [3.8, 4) is 11.3 Å². The van der Waals surface area contributed by atoms with E-state index < -0.39 is 0 Å². The van der Waals surface area contributed by atoms with Gasteiger partial charge in [0, 0.05) is 16.6 Å². The van der Waals surface area contributed by atoms with Crippen molar-refractivity contribution < 1.29 is 0 Å². The molecule has 0 saturated carbocycles. The van der Waals surface area contributed by atoms with Gasteiger partial charge in [0.1, 0.15) is 5.82 Å². The van der Waals surface area contributed by atoms with E-state index in [0.717, 1.165) is 11.5 Å². The first-order valence-corrected chi connectivity index (χ1v) is 6.01. The molecular formula is C16H12N2. The Hall–Kier alpha value is -2.48. The second-order valence-electron chi connectivity index (χ2n) is 4.54. The molecule has 1 aromatic heterocycles. The van der Waals surface area contributed by atoms with Crippen LogP contribution in [-0.2, 0) is 0 Å². The summed E-state index contributed by atoms with van der Waals surface area (Å²) in [4.78, 5) is 0. The third-order valence-corrected chi connectivity index (χ3v) is 3.46. The zero-order chi connectivity index (χ0) is 12.1. The Labute approximate surface area is 105 Å². The fraction of sp³-hybridized carbons (Fsp3) is 0. The molecule has 86 valence electrons. The summed E-state index contributed by atoms with van der Waals surface area (Å²) in [5.74, 6) is 0.907. The normalized spacial score (nSPS) is 13.0. The fourth-order valence-electron chi connectivity index (χ4n) is 2.67. The van der Waals surface area contributed by atoms with E-state index in [-0.39, 0.29) is 0 Å². The van der Waals surface area contributed by atoms with Gasteiger partial charge in [-0.05, 0) is 18.2 Å². The molecule has 2 nitrogen and oxygen atoms in total. The average molecular weight is 232 g/mol. The van der Waals surface area contributed by atoms with Crippen LogP contribution >= 0.6 is 0 Å². The second-order valence-corrected chi connectivity index (χ2v) is 4.54. The van der Waals surface area contributed by atoms with Gasteiger partial charge in [-0.2, -0.15) is 0 Å². The summed E-state index contributed by atoms with van der Waals surface area (Å²) in [7, 11) is 0. The number of hydrogen-bond acceptors (Lipinski definition) is 1. The summed E-state index contributed by atoms with van der Waals surface area (Å²) >= 11 is 0. The summed E-state index contributed by atoms with van der Waals surface area (Å²) < 4.78 is 2.18. The second kappa shape index (κ2) is 3.26. The van der Waals surface area contributed by atoms with Gasteiger partial charge in [0.15, 0.2) is 0 Å². The van der Waals surface area contributed by atoms with Gasteiger partial charge < -0.3 is 5.32 Å². The van der Waals surface area contributed by atoms with Gasteiger partial charge in [-0.3, -0.25) is 4.57 Å². The van der Waals surface area contributed by atoms with Crippen LogP contribution in [0.4, 0.5) is 5.69 Å². The minimum atomic E-state index is 0.907. The Balaban J connectivity index is 2.16. The number of benzene rings is 2. The molecule has 0 radical (unpaired) electrons. The molecule has 1 N–H and O–H groups in total. The quantitative estimate of drug-likeness (QED) is 0.615. The molecule has 0 saturated heterocycles. The first-order valence-electron chi connectivity index (χ1n) is 6.01. The lowest BCUT2D eigenvalue weighted by Crippen LogP contribution is -2.12. The lowest BCUT2D eigenvalue weighted by atomic mass is 10.1. The molecule has 0 aliphatic carbocycles. The number of rotatable bonds is 0. The summed E-state index contributed by atoms with van der Waals surface area (Å²) in [5, 5.41) is 4.61. The molecule has 2 heterocycles. The molecule has 0 bridgehead atoms. The van der Waals surface area contributed by atoms with Gasteiger partial charge in [-0.1, -0.05) is 43.0 Å². The van der Waals surface area contributed by atoms with E-state index >= 15 is 0 Å². The third kappa shape index (κ3) is 1.12. The van der Waals surface area contributed by atoms with E-state index in [4.69, 9.17) is 0 Å². The Kier molecular flexibility index (Phi) is 1.73. The summed E-state index contributed by atoms with van der Waals surface area (Å²) in [6.45, 7) is 4.13. The molecule has 0 spiro atoms. The van der Waals surface area contributed by atoms with Crippen LogP contribution in [0.25, 0.3) is 28.0 Å². The van der Waals surface area contributed by atoms with Crippen molar-refractivity contribution in [2.75, 3.05) is 5.32 Å². The maximum atomic E-state index is 4.13. The SMILES string of the molecule is C=C1Nc2ccccc2-c2cc3ccccc3n21. The van der Waals surface area contributed by atoms with E-state index in [1.807, 2.05) is 6.07 Å². The first-order chi connectivity index (χ1) is 8.84. The van der Waals surface area contributed by atoms with Crippen molar-refractivity contribution in [3.63, 3.8) is 0 Å². The lowest BCUT2D eigenvalue weighted by Gasteiger charge is -2.23. The van der Waals surface area contributed by atoms with Crippen LogP contribution < -0.4 is 5.32 Å². The molecule has 3 aromatic rings. The van der Waals surface area contributed by atoms with E-state index in [1.165, 1.54) is 22.2 Å². The minimum absolute atomic E-state index is 0.907. The number of nitrogens with zero attached hydrogens (tertiary/aromatic N) is 1. The Morgan fingerprint density at radius 1 is 0.944 bits per heavy atom. The highest BCUT2D eigenvalue weighted by atomic mass is 15.2. The molecule has 0 amide bonds. The number of aromatic nitrogens is 1. The maximum Gasteiger partial charge on any atom is 0.108 e. The van der Waals surface area contributed by atoms with Crippen molar-refractivity contribution in [1.29, 1.82) is 0 Å². The van der Waals surface area contributed by atoms with Crippen LogP contribution in [0.2, 0.25) is 0 Å². The fourth-order valence-corrected chi connectivity index (χ4v) is 2.67.